The Labute approximate surface area is 142 Å². The van der Waals surface area contributed by atoms with E-state index in [0.717, 1.165) is 56.9 Å². The molecule has 2 heterocycles. The molecule has 5 nitrogen and oxygen atoms in total. The molecular weight excluding hydrogens is 332 g/mol. The fourth-order valence-electron chi connectivity index (χ4n) is 3.56. The molecule has 7 heteroatoms. The zero-order valence-corrected chi connectivity index (χ0v) is 15.1. The first-order chi connectivity index (χ1) is 11.0. The van der Waals surface area contributed by atoms with Crippen molar-refractivity contribution in [2.45, 2.75) is 51.0 Å². The van der Waals surface area contributed by atoms with E-state index in [4.69, 9.17) is 0 Å². The van der Waals surface area contributed by atoms with E-state index in [1.165, 1.54) is 16.9 Å². The molecule has 1 amide bonds. The summed E-state index contributed by atoms with van der Waals surface area (Å²) in [4.78, 5) is 16.3. The minimum absolute atomic E-state index is 0.0369. The van der Waals surface area contributed by atoms with Crippen LogP contribution in [0.3, 0.4) is 0 Å². The molecule has 0 radical (unpaired) electrons. The lowest BCUT2D eigenvalue weighted by atomic mass is 9.94. The van der Waals surface area contributed by atoms with E-state index in [2.05, 4.69) is 4.72 Å². The standard InChI is InChI=1S/C16H24N2O3S2/c1-23(20,21)17-10-12-6-4-5-9-18(12)16(19)14-11-22-15-8-3-2-7-13(14)15/h11-12,17H,2-10H2,1H3/t12-/m0/s1. The summed E-state index contributed by atoms with van der Waals surface area (Å²) in [7, 11) is -3.23. The van der Waals surface area contributed by atoms with E-state index in [1.54, 1.807) is 11.3 Å². The largest absolute Gasteiger partial charge is 0.334 e. The molecule has 128 valence electrons. The van der Waals surface area contributed by atoms with Crippen molar-refractivity contribution in [1.29, 1.82) is 0 Å². The summed E-state index contributed by atoms with van der Waals surface area (Å²) < 4.78 is 25.3. The number of amides is 1. The van der Waals surface area contributed by atoms with E-state index in [9.17, 15) is 13.2 Å². The van der Waals surface area contributed by atoms with Crippen molar-refractivity contribution in [3.05, 3.63) is 21.4 Å². The first kappa shape index (κ1) is 16.9. The fraction of sp³-hybridized carbons (Fsp3) is 0.688. The lowest BCUT2D eigenvalue weighted by Gasteiger charge is -2.36. The van der Waals surface area contributed by atoms with Gasteiger partial charge in [0.05, 0.1) is 11.8 Å². The predicted octanol–water partition coefficient (Wildman–Crippen LogP) is 2.17. The van der Waals surface area contributed by atoms with Gasteiger partial charge in [-0.3, -0.25) is 4.79 Å². The van der Waals surface area contributed by atoms with Crippen LogP contribution in [0.4, 0.5) is 0 Å². The van der Waals surface area contributed by atoms with Gasteiger partial charge in [-0.1, -0.05) is 0 Å². The summed E-state index contributed by atoms with van der Waals surface area (Å²) in [6.07, 6.45) is 8.52. The Kier molecular flexibility index (Phi) is 5.08. The third-order valence-electron chi connectivity index (χ3n) is 4.76. The van der Waals surface area contributed by atoms with Crippen molar-refractivity contribution in [3.63, 3.8) is 0 Å². The normalized spacial score (nSPS) is 22.0. The molecule has 1 aliphatic carbocycles. The first-order valence-electron chi connectivity index (χ1n) is 8.30. The van der Waals surface area contributed by atoms with Crippen LogP contribution in [0.2, 0.25) is 0 Å². The average Bonchev–Trinajstić information content (AvgIpc) is 2.96. The highest BCUT2D eigenvalue weighted by molar-refractivity contribution is 7.88. The molecule has 0 spiro atoms. The minimum Gasteiger partial charge on any atom is -0.334 e. The Bertz CT molecular complexity index is 681. The van der Waals surface area contributed by atoms with Gasteiger partial charge in [-0.2, -0.15) is 0 Å². The number of fused-ring (bicyclic) bond motifs is 1. The van der Waals surface area contributed by atoms with Gasteiger partial charge in [0.1, 0.15) is 0 Å². The Balaban J connectivity index is 1.77. The zero-order chi connectivity index (χ0) is 16.4. The van der Waals surface area contributed by atoms with Crippen molar-refractivity contribution in [2.75, 3.05) is 19.3 Å². The lowest BCUT2D eigenvalue weighted by Crippen LogP contribution is -2.49. The molecule has 1 saturated heterocycles. The van der Waals surface area contributed by atoms with E-state index in [0.29, 0.717) is 6.54 Å². The summed E-state index contributed by atoms with van der Waals surface area (Å²) in [5, 5.41) is 2.01. The van der Waals surface area contributed by atoms with Crippen LogP contribution in [-0.2, 0) is 22.9 Å². The smallest absolute Gasteiger partial charge is 0.255 e. The van der Waals surface area contributed by atoms with Crippen LogP contribution in [0, 0.1) is 0 Å². The van der Waals surface area contributed by atoms with E-state index in [1.807, 2.05) is 10.3 Å². The Morgan fingerprint density at radius 3 is 2.87 bits per heavy atom. The van der Waals surface area contributed by atoms with Crippen LogP contribution in [-0.4, -0.2) is 44.6 Å². The van der Waals surface area contributed by atoms with Crippen molar-refractivity contribution in [2.24, 2.45) is 0 Å². The summed E-state index contributed by atoms with van der Waals surface area (Å²) in [6, 6.07) is -0.0369. The van der Waals surface area contributed by atoms with Crippen LogP contribution in [0.1, 0.15) is 52.9 Å². The minimum atomic E-state index is -3.23. The second-order valence-electron chi connectivity index (χ2n) is 6.53. The van der Waals surface area contributed by atoms with Crippen LogP contribution < -0.4 is 4.72 Å². The highest BCUT2D eigenvalue weighted by Crippen LogP contribution is 2.32. The van der Waals surface area contributed by atoms with Crippen LogP contribution >= 0.6 is 11.3 Å². The lowest BCUT2D eigenvalue weighted by molar-refractivity contribution is 0.0618. The number of likely N-dealkylation sites (tertiary alicyclic amines) is 1. The number of rotatable bonds is 4. The number of nitrogens with one attached hydrogen (secondary N) is 1. The second kappa shape index (κ2) is 6.91. The van der Waals surface area contributed by atoms with Gasteiger partial charge in [0, 0.05) is 29.4 Å². The summed E-state index contributed by atoms with van der Waals surface area (Å²) in [6.45, 7) is 1.04. The average molecular weight is 357 g/mol. The van der Waals surface area contributed by atoms with Crippen LogP contribution in [0.15, 0.2) is 5.38 Å². The number of aryl methyl sites for hydroxylation is 1. The number of hydrogen-bond donors (Lipinski definition) is 1. The Morgan fingerprint density at radius 2 is 2.09 bits per heavy atom. The monoisotopic (exact) mass is 356 g/mol. The third kappa shape index (κ3) is 3.95. The van der Waals surface area contributed by atoms with Crippen molar-refractivity contribution in [1.82, 2.24) is 9.62 Å². The molecule has 1 N–H and O–H groups in total. The Hall–Kier alpha value is -0.920. The predicted molar refractivity (Wildman–Crippen MR) is 92.5 cm³/mol. The fourth-order valence-corrected chi connectivity index (χ4v) is 5.17. The topological polar surface area (TPSA) is 66.5 Å². The Morgan fingerprint density at radius 1 is 1.30 bits per heavy atom. The quantitative estimate of drug-likeness (QED) is 0.899. The van der Waals surface area contributed by atoms with E-state index in [-0.39, 0.29) is 11.9 Å². The number of thiophene rings is 1. The van der Waals surface area contributed by atoms with Crippen LogP contribution in [0.25, 0.3) is 0 Å². The maximum absolute atomic E-state index is 13.0. The second-order valence-corrected chi connectivity index (χ2v) is 9.32. The van der Waals surface area contributed by atoms with Crippen LogP contribution in [0.5, 0.6) is 0 Å². The van der Waals surface area contributed by atoms with Crippen molar-refractivity contribution >= 4 is 27.3 Å². The molecule has 0 saturated carbocycles. The van der Waals surface area contributed by atoms with Gasteiger partial charge in [0.25, 0.3) is 5.91 Å². The van der Waals surface area contributed by atoms with Gasteiger partial charge in [0.15, 0.2) is 0 Å². The van der Waals surface area contributed by atoms with E-state index >= 15 is 0 Å². The maximum atomic E-state index is 13.0. The number of carbonyl (C=O) groups excluding carboxylic acids is 1. The van der Waals surface area contributed by atoms with Crippen molar-refractivity contribution < 1.29 is 13.2 Å². The van der Waals surface area contributed by atoms with Gasteiger partial charge >= 0.3 is 0 Å². The molecular formula is C16H24N2O3S2. The molecule has 3 rings (SSSR count). The summed E-state index contributed by atoms with van der Waals surface area (Å²) >= 11 is 1.70. The van der Waals surface area contributed by atoms with Gasteiger partial charge in [-0.15, -0.1) is 11.3 Å². The van der Waals surface area contributed by atoms with Gasteiger partial charge < -0.3 is 4.90 Å². The highest BCUT2D eigenvalue weighted by atomic mass is 32.2. The molecule has 23 heavy (non-hydrogen) atoms. The molecule has 1 atom stereocenters. The molecule has 1 fully saturated rings. The number of piperidine rings is 1. The molecule has 2 aliphatic rings. The molecule has 1 aromatic heterocycles. The SMILES string of the molecule is CS(=O)(=O)NC[C@@H]1CCCCN1C(=O)c1csc2c1CCCC2. The van der Waals surface area contributed by atoms with E-state index < -0.39 is 10.0 Å². The summed E-state index contributed by atoms with van der Waals surface area (Å²) in [5.41, 5.74) is 2.10. The molecule has 1 aromatic rings. The maximum Gasteiger partial charge on any atom is 0.255 e. The number of hydrogen-bond acceptors (Lipinski definition) is 4. The molecule has 0 bridgehead atoms. The number of sulfonamides is 1. The zero-order valence-electron chi connectivity index (χ0n) is 13.5. The molecule has 0 aromatic carbocycles. The third-order valence-corrected chi connectivity index (χ3v) is 6.54. The number of carbonyl (C=O) groups is 1. The van der Waals surface area contributed by atoms with Gasteiger partial charge in [0.2, 0.25) is 10.0 Å². The summed E-state index contributed by atoms with van der Waals surface area (Å²) in [5.74, 6) is 0.0874. The number of nitrogens with zero attached hydrogens (tertiary/aromatic N) is 1. The molecule has 1 aliphatic heterocycles. The molecule has 0 unspecified atom stereocenters. The first-order valence-corrected chi connectivity index (χ1v) is 11.1. The van der Waals surface area contributed by atoms with Crippen molar-refractivity contribution in [3.8, 4) is 0 Å². The highest BCUT2D eigenvalue weighted by Gasteiger charge is 2.30. The van der Waals surface area contributed by atoms with Gasteiger partial charge in [-0.05, 0) is 50.5 Å². The van der Waals surface area contributed by atoms with Gasteiger partial charge in [-0.25, -0.2) is 13.1 Å².